The molecule has 1 aliphatic rings. The molecule has 2 unspecified atom stereocenters. The Kier molecular flexibility index (Phi) is 3.62. The van der Waals surface area contributed by atoms with E-state index in [1.807, 2.05) is 0 Å². The lowest BCUT2D eigenvalue weighted by atomic mass is 9.92. The fourth-order valence-corrected chi connectivity index (χ4v) is 2.08. The number of rotatable bonds is 5. The van der Waals surface area contributed by atoms with Gasteiger partial charge in [-0.25, -0.2) is 0 Å². The summed E-state index contributed by atoms with van der Waals surface area (Å²) in [4.78, 5) is 0. The zero-order valence-electron chi connectivity index (χ0n) is 11.5. The smallest absolute Gasteiger partial charge is 0.117 e. The van der Waals surface area contributed by atoms with Gasteiger partial charge in [-0.1, -0.05) is 27.7 Å². The molecule has 1 aromatic heterocycles. The van der Waals surface area contributed by atoms with Crippen molar-refractivity contribution in [3.8, 4) is 0 Å². The van der Waals surface area contributed by atoms with Gasteiger partial charge in [0.2, 0.25) is 0 Å². The van der Waals surface area contributed by atoms with Crippen molar-refractivity contribution < 1.29 is 4.42 Å². The first-order valence-electron chi connectivity index (χ1n) is 6.75. The molecule has 0 saturated heterocycles. The van der Waals surface area contributed by atoms with Gasteiger partial charge in [0, 0.05) is 5.92 Å². The predicted octanol–water partition coefficient (Wildman–Crippen LogP) is 3.93. The number of hydrogen-bond donors (Lipinski definition) is 1. The first-order valence-corrected chi connectivity index (χ1v) is 6.75. The first kappa shape index (κ1) is 12.7. The fraction of sp³-hybridized carbons (Fsp3) is 0.733. The highest BCUT2D eigenvalue weighted by molar-refractivity contribution is 5.17. The van der Waals surface area contributed by atoms with Gasteiger partial charge >= 0.3 is 0 Å². The molecule has 1 saturated carbocycles. The van der Waals surface area contributed by atoms with Gasteiger partial charge in [0.25, 0.3) is 0 Å². The molecular weight excluding hydrogens is 210 g/mol. The molecule has 0 spiro atoms. The van der Waals surface area contributed by atoms with E-state index < -0.39 is 0 Å². The number of furan rings is 1. The SMILES string of the molecule is CC1CC1c1ccc(CNCCC(C)(C)C)o1. The van der Waals surface area contributed by atoms with Crippen molar-refractivity contribution >= 4 is 0 Å². The van der Waals surface area contributed by atoms with Crippen LogP contribution < -0.4 is 5.32 Å². The van der Waals surface area contributed by atoms with Gasteiger partial charge < -0.3 is 9.73 Å². The van der Waals surface area contributed by atoms with Crippen LogP contribution in [0.1, 0.15) is 58.0 Å². The van der Waals surface area contributed by atoms with Crippen LogP contribution in [0.25, 0.3) is 0 Å². The van der Waals surface area contributed by atoms with Crippen LogP contribution in [0, 0.1) is 11.3 Å². The predicted molar refractivity (Wildman–Crippen MR) is 71.0 cm³/mol. The molecule has 1 fully saturated rings. The summed E-state index contributed by atoms with van der Waals surface area (Å²) in [5, 5.41) is 3.45. The Morgan fingerprint density at radius 3 is 2.65 bits per heavy atom. The largest absolute Gasteiger partial charge is 0.464 e. The van der Waals surface area contributed by atoms with E-state index >= 15 is 0 Å². The van der Waals surface area contributed by atoms with Gasteiger partial charge in [0.05, 0.1) is 6.54 Å². The Hall–Kier alpha value is -0.760. The lowest BCUT2D eigenvalue weighted by Crippen LogP contribution is -2.19. The molecule has 1 N–H and O–H groups in total. The molecule has 1 heterocycles. The molecule has 1 aromatic rings. The molecule has 2 rings (SSSR count). The molecule has 0 aliphatic heterocycles. The average molecular weight is 235 g/mol. The minimum Gasteiger partial charge on any atom is -0.464 e. The highest BCUT2D eigenvalue weighted by Gasteiger charge is 2.36. The summed E-state index contributed by atoms with van der Waals surface area (Å²) in [5.74, 6) is 3.78. The van der Waals surface area contributed by atoms with Crippen molar-refractivity contribution in [3.05, 3.63) is 23.7 Å². The molecule has 0 radical (unpaired) electrons. The minimum atomic E-state index is 0.408. The maximum Gasteiger partial charge on any atom is 0.117 e. The second-order valence-electron chi connectivity index (χ2n) is 6.61. The molecule has 2 nitrogen and oxygen atoms in total. The summed E-state index contributed by atoms with van der Waals surface area (Å²) < 4.78 is 5.85. The standard InChI is InChI=1S/C15H25NO/c1-11-9-13(11)14-6-5-12(17-14)10-16-8-7-15(2,3)4/h5-6,11,13,16H,7-10H2,1-4H3. The molecule has 0 bridgehead atoms. The summed E-state index contributed by atoms with van der Waals surface area (Å²) in [6.45, 7) is 11.0. The van der Waals surface area contributed by atoms with Crippen LogP contribution in [0.3, 0.4) is 0 Å². The van der Waals surface area contributed by atoms with E-state index in [0.29, 0.717) is 11.3 Å². The van der Waals surface area contributed by atoms with Crippen LogP contribution in [0.4, 0.5) is 0 Å². The second kappa shape index (κ2) is 4.85. The Bertz CT molecular complexity index is 361. The molecule has 2 heteroatoms. The van der Waals surface area contributed by atoms with Crippen LogP contribution in [0.2, 0.25) is 0 Å². The zero-order chi connectivity index (χ0) is 12.5. The van der Waals surface area contributed by atoms with E-state index in [-0.39, 0.29) is 0 Å². The first-order chi connectivity index (χ1) is 7.96. The molecule has 0 aromatic carbocycles. The molecule has 17 heavy (non-hydrogen) atoms. The van der Waals surface area contributed by atoms with Crippen LogP contribution in [-0.4, -0.2) is 6.54 Å². The maximum absolute atomic E-state index is 5.85. The topological polar surface area (TPSA) is 25.2 Å². The third kappa shape index (κ3) is 3.88. The van der Waals surface area contributed by atoms with Crippen molar-refractivity contribution in [2.75, 3.05) is 6.54 Å². The normalized spacial score (nSPS) is 24.0. The summed E-state index contributed by atoms with van der Waals surface area (Å²) >= 11 is 0. The molecule has 96 valence electrons. The van der Waals surface area contributed by atoms with Crippen LogP contribution in [-0.2, 0) is 6.54 Å². The molecule has 1 aliphatic carbocycles. The zero-order valence-corrected chi connectivity index (χ0v) is 11.5. The Labute approximate surface area is 105 Å². The van der Waals surface area contributed by atoms with Gasteiger partial charge in [0.1, 0.15) is 11.5 Å². The average Bonchev–Trinajstić information content (AvgIpc) is 2.77. The van der Waals surface area contributed by atoms with E-state index in [2.05, 4.69) is 45.1 Å². The quantitative estimate of drug-likeness (QED) is 0.782. The van der Waals surface area contributed by atoms with E-state index in [1.165, 1.54) is 18.6 Å². The Morgan fingerprint density at radius 2 is 2.06 bits per heavy atom. The summed E-state index contributed by atoms with van der Waals surface area (Å²) in [5.41, 5.74) is 0.408. The van der Waals surface area contributed by atoms with Gasteiger partial charge in [0.15, 0.2) is 0 Å². The molecule has 0 amide bonds. The molecular formula is C15H25NO. The number of hydrogen-bond acceptors (Lipinski definition) is 2. The Morgan fingerprint density at radius 1 is 1.35 bits per heavy atom. The van der Waals surface area contributed by atoms with E-state index in [0.717, 1.165) is 24.8 Å². The number of nitrogens with one attached hydrogen (secondary N) is 1. The van der Waals surface area contributed by atoms with Gasteiger partial charge in [-0.15, -0.1) is 0 Å². The van der Waals surface area contributed by atoms with Crippen LogP contribution in [0.15, 0.2) is 16.5 Å². The van der Waals surface area contributed by atoms with Gasteiger partial charge in [-0.2, -0.15) is 0 Å². The second-order valence-corrected chi connectivity index (χ2v) is 6.61. The van der Waals surface area contributed by atoms with Crippen LogP contribution in [0.5, 0.6) is 0 Å². The molecule has 2 atom stereocenters. The minimum absolute atomic E-state index is 0.408. The maximum atomic E-state index is 5.85. The third-order valence-electron chi connectivity index (χ3n) is 3.51. The van der Waals surface area contributed by atoms with E-state index in [1.54, 1.807) is 0 Å². The van der Waals surface area contributed by atoms with Crippen molar-refractivity contribution in [2.45, 2.75) is 53.0 Å². The lowest BCUT2D eigenvalue weighted by molar-refractivity contribution is 0.359. The highest BCUT2D eigenvalue weighted by atomic mass is 16.3. The monoisotopic (exact) mass is 235 g/mol. The van der Waals surface area contributed by atoms with E-state index in [4.69, 9.17) is 4.42 Å². The van der Waals surface area contributed by atoms with E-state index in [9.17, 15) is 0 Å². The van der Waals surface area contributed by atoms with Gasteiger partial charge in [-0.3, -0.25) is 0 Å². The summed E-state index contributed by atoms with van der Waals surface area (Å²) in [6, 6.07) is 4.26. The summed E-state index contributed by atoms with van der Waals surface area (Å²) in [6.07, 6.45) is 2.49. The fourth-order valence-electron chi connectivity index (χ4n) is 2.08. The Balaban J connectivity index is 1.71. The highest BCUT2D eigenvalue weighted by Crippen LogP contribution is 2.47. The third-order valence-corrected chi connectivity index (χ3v) is 3.51. The van der Waals surface area contributed by atoms with Crippen LogP contribution >= 0.6 is 0 Å². The summed E-state index contributed by atoms with van der Waals surface area (Å²) in [7, 11) is 0. The van der Waals surface area contributed by atoms with Crippen molar-refractivity contribution in [1.29, 1.82) is 0 Å². The van der Waals surface area contributed by atoms with Crippen molar-refractivity contribution in [1.82, 2.24) is 5.32 Å². The van der Waals surface area contributed by atoms with Gasteiger partial charge in [-0.05, 0) is 42.9 Å². The lowest BCUT2D eigenvalue weighted by Gasteiger charge is -2.17. The van der Waals surface area contributed by atoms with Crippen molar-refractivity contribution in [3.63, 3.8) is 0 Å². The van der Waals surface area contributed by atoms with Crippen molar-refractivity contribution in [2.24, 2.45) is 11.3 Å².